The molecule has 0 aromatic heterocycles. The molecular formula is C15H12BrF3O2. The summed E-state index contributed by atoms with van der Waals surface area (Å²) in [7, 11) is 0. The van der Waals surface area contributed by atoms with Crippen molar-refractivity contribution in [2.24, 2.45) is 0 Å². The molecule has 1 N–H and O–H groups in total. The first-order valence-electron chi connectivity index (χ1n) is 6.07. The number of aryl methyl sites for hydroxylation is 1. The maximum atomic E-state index is 12.7. The maximum absolute atomic E-state index is 12.7. The van der Waals surface area contributed by atoms with Gasteiger partial charge in [0, 0.05) is 0 Å². The SMILES string of the molecule is Cc1ccc(Oc2cccc(C(F)(F)F)c2)c(Br)c1CO. The number of aliphatic hydroxyl groups is 1. The molecule has 0 heterocycles. The minimum absolute atomic E-state index is 0.0817. The Morgan fingerprint density at radius 2 is 1.90 bits per heavy atom. The molecular weight excluding hydrogens is 349 g/mol. The lowest BCUT2D eigenvalue weighted by Gasteiger charge is -2.13. The van der Waals surface area contributed by atoms with Gasteiger partial charge in [0.1, 0.15) is 11.5 Å². The second-order valence-electron chi connectivity index (χ2n) is 4.46. The van der Waals surface area contributed by atoms with Crippen LogP contribution in [0.4, 0.5) is 13.2 Å². The van der Waals surface area contributed by atoms with Gasteiger partial charge >= 0.3 is 6.18 Å². The summed E-state index contributed by atoms with van der Waals surface area (Å²) in [4.78, 5) is 0. The Labute approximate surface area is 128 Å². The van der Waals surface area contributed by atoms with Crippen molar-refractivity contribution in [3.05, 3.63) is 57.6 Å². The van der Waals surface area contributed by atoms with Gasteiger partial charge in [0.25, 0.3) is 0 Å². The van der Waals surface area contributed by atoms with Crippen LogP contribution in [0.25, 0.3) is 0 Å². The molecule has 0 fully saturated rings. The molecule has 6 heteroatoms. The van der Waals surface area contributed by atoms with E-state index in [-0.39, 0.29) is 12.4 Å². The molecule has 0 saturated carbocycles. The first-order valence-corrected chi connectivity index (χ1v) is 6.86. The van der Waals surface area contributed by atoms with Crippen LogP contribution in [0.5, 0.6) is 11.5 Å². The van der Waals surface area contributed by atoms with E-state index in [1.54, 1.807) is 12.1 Å². The molecule has 0 aliphatic heterocycles. The van der Waals surface area contributed by atoms with Gasteiger partial charge in [0.05, 0.1) is 16.6 Å². The van der Waals surface area contributed by atoms with E-state index in [4.69, 9.17) is 4.74 Å². The number of ether oxygens (including phenoxy) is 1. The van der Waals surface area contributed by atoms with Gasteiger partial charge in [-0.15, -0.1) is 0 Å². The van der Waals surface area contributed by atoms with Gasteiger partial charge in [0.15, 0.2) is 0 Å². The van der Waals surface area contributed by atoms with Crippen molar-refractivity contribution in [3.63, 3.8) is 0 Å². The van der Waals surface area contributed by atoms with Crippen molar-refractivity contribution >= 4 is 15.9 Å². The highest BCUT2D eigenvalue weighted by atomic mass is 79.9. The summed E-state index contributed by atoms with van der Waals surface area (Å²) in [6.07, 6.45) is -4.42. The van der Waals surface area contributed by atoms with Crippen LogP contribution in [0.15, 0.2) is 40.9 Å². The van der Waals surface area contributed by atoms with Gasteiger partial charge in [-0.1, -0.05) is 12.1 Å². The molecule has 0 amide bonds. The lowest BCUT2D eigenvalue weighted by molar-refractivity contribution is -0.137. The number of halogens is 4. The molecule has 0 bridgehead atoms. The third-order valence-electron chi connectivity index (χ3n) is 2.99. The third kappa shape index (κ3) is 3.57. The quantitative estimate of drug-likeness (QED) is 0.828. The standard InChI is InChI=1S/C15H12BrF3O2/c1-9-5-6-13(14(16)12(9)8-20)21-11-4-2-3-10(7-11)15(17,18)19/h2-7,20H,8H2,1H3. The minimum atomic E-state index is -4.42. The molecule has 2 aromatic carbocycles. The topological polar surface area (TPSA) is 29.5 Å². The fraction of sp³-hybridized carbons (Fsp3) is 0.200. The number of hydrogen-bond donors (Lipinski definition) is 1. The average molecular weight is 361 g/mol. The minimum Gasteiger partial charge on any atom is -0.456 e. The van der Waals surface area contributed by atoms with Crippen molar-refractivity contribution in [1.29, 1.82) is 0 Å². The third-order valence-corrected chi connectivity index (χ3v) is 3.86. The largest absolute Gasteiger partial charge is 0.456 e. The molecule has 0 aliphatic rings. The molecule has 0 saturated heterocycles. The fourth-order valence-corrected chi connectivity index (χ4v) is 2.48. The highest BCUT2D eigenvalue weighted by Crippen LogP contribution is 2.36. The van der Waals surface area contributed by atoms with Gasteiger partial charge in [-0.2, -0.15) is 13.2 Å². The molecule has 2 aromatic rings. The predicted octanol–water partition coefficient (Wildman–Crippen LogP) is 5.06. The second-order valence-corrected chi connectivity index (χ2v) is 5.25. The van der Waals surface area contributed by atoms with E-state index in [0.717, 1.165) is 17.7 Å². The van der Waals surface area contributed by atoms with Crippen LogP contribution in [0.3, 0.4) is 0 Å². The average Bonchev–Trinajstić information content (AvgIpc) is 2.42. The molecule has 0 aliphatic carbocycles. The second kappa shape index (κ2) is 6.07. The zero-order chi connectivity index (χ0) is 15.6. The van der Waals surface area contributed by atoms with E-state index in [9.17, 15) is 18.3 Å². The summed E-state index contributed by atoms with van der Waals surface area (Å²) >= 11 is 3.30. The fourth-order valence-electron chi connectivity index (χ4n) is 1.83. The summed E-state index contributed by atoms with van der Waals surface area (Å²) in [5.41, 5.74) is 0.728. The Morgan fingerprint density at radius 3 is 2.52 bits per heavy atom. The Bertz CT molecular complexity index is 654. The maximum Gasteiger partial charge on any atom is 0.416 e. The number of rotatable bonds is 3. The number of benzene rings is 2. The lowest BCUT2D eigenvalue weighted by atomic mass is 10.1. The number of hydrogen-bond acceptors (Lipinski definition) is 2. The van der Waals surface area contributed by atoms with Crippen LogP contribution in [-0.4, -0.2) is 5.11 Å². The van der Waals surface area contributed by atoms with Gasteiger partial charge < -0.3 is 9.84 Å². The van der Waals surface area contributed by atoms with Crippen LogP contribution in [-0.2, 0) is 12.8 Å². The van der Waals surface area contributed by atoms with Crippen molar-refractivity contribution in [3.8, 4) is 11.5 Å². The van der Waals surface area contributed by atoms with Gasteiger partial charge in [-0.05, 0) is 58.2 Å². The van der Waals surface area contributed by atoms with E-state index in [0.29, 0.717) is 15.8 Å². The molecule has 0 spiro atoms. The van der Waals surface area contributed by atoms with Crippen molar-refractivity contribution in [2.45, 2.75) is 19.7 Å². The van der Waals surface area contributed by atoms with Gasteiger partial charge in [-0.25, -0.2) is 0 Å². The van der Waals surface area contributed by atoms with Crippen molar-refractivity contribution in [2.75, 3.05) is 0 Å². The zero-order valence-corrected chi connectivity index (χ0v) is 12.6. The van der Waals surface area contributed by atoms with E-state index in [1.165, 1.54) is 12.1 Å². The molecule has 2 rings (SSSR count). The van der Waals surface area contributed by atoms with Crippen molar-refractivity contribution in [1.82, 2.24) is 0 Å². The Balaban J connectivity index is 2.35. The number of alkyl halides is 3. The van der Waals surface area contributed by atoms with Gasteiger partial charge in [-0.3, -0.25) is 0 Å². The van der Waals surface area contributed by atoms with E-state index < -0.39 is 11.7 Å². The van der Waals surface area contributed by atoms with E-state index >= 15 is 0 Å². The summed E-state index contributed by atoms with van der Waals surface area (Å²) in [6, 6.07) is 8.02. The summed E-state index contributed by atoms with van der Waals surface area (Å²) in [5.74, 6) is 0.433. The molecule has 0 unspecified atom stereocenters. The van der Waals surface area contributed by atoms with Crippen molar-refractivity contribution < 1.29 is 23.0 Å². The van der Waals surface area contributed by atoms with Crippen LogP contribution in [0.1, 0.15) is 16.7 Å². The van der Waals surface area contributed by atoms with Crippen LogP contribution < -0.4 is 4.74 Å². The monoisotopic (exact) mass is 360 g/mol. The summed E-state index contributed by atoms with van der Waals surface area (Å²) < 4.78 is 44.0. The van der Waals surface area contributed by atoms with Crippen LogP contribution >= 0.6 is 15.9 Å². The Morgan fingerprint density at radius 1 is 1.19 bits per heavy atom. The molecule has 0 atom stereocenters. The first-order chi connectivity index (χ1) is 9.82. The molecule has 112 valence electrons. The Kier molecular flexibility index (Phi) is 4.58. The molecule has 2 nitrogen and oxygen atoms in total. The highest BCUT2D eigenvalue weighted by Gasteiger charge is 2.30. The van der Waals surface area contributed by atoms with E-state index in [2.05, 4.69) is 15.9 Å². The predicted molar refractivity (Wildman–Crippen MR) is 76.3 cm³/mol. The highest BCUT2D eigenvalue weighted by molar-refractivity contribution is 9.10. The summed E-state index contributed by atoms with van der Waals surface area (Å²) in [5, 5.41) is 9.31. The molecule has 21 heavy (non-hydrogen) atoms. The molecule has 0 radical (unpaired) electrons. The smallest absolute Gasteiger partial charge is 0.416 e. The van der Waals surface area contributed by atoms with Gasteiger partial charge in [0.2, 0.25) is 0 Å². The lowest BCUT2D eigenvalue weighted by Crippen LogP contribution is -2.04. The van der Waals surface area contributed by atoms with Crippen LogP contribution in [0, 0.1) is 6.92 Å². The number of aliphatic hydroxyl groups excluding tert-OH is 1. The summed E-state index contributed by atoms with van der Waals surface area (Å²) in [6.45, 7) is 1.64. The van der Waals surface area contributed by atoms with E-state index in [1.807, 2.05) is 6.92 Å². The first kappa shape index (κ1) is 15.9. The zero-order valence-electron chi connectivity index (χ0n) is 11.0. The van der Waals surface area contributed by atoms with Crippen LogP contribution in [0.2, 0.25) is 0 Å². The normalized spacial score (nSPS) is 11.5. The Hall–Kier alpha value is -1.53.